The summed E-state index contributed by atoms with van der Waals surface area (Å²) in [5, 5.41) is 0. The monoisotopic (exact) mass is 311 g/mol. The van der Waals surface area contributed by atoms with Crippen molar-refractivity contribution >= 4 is 32.9 Å². The Balaban J connectivity index is 1.76. The summed E-state index contributed by atoms with van der Waals surface area (Å²) in [6.07, 6.45) is 2.44. The van der Waals surface area contributed by atoms with Crippen LogP contribution in [0.5, 0.6) is 0 Å². The Morgan fingerprint density at radius 2 is 2.28 bits per heavy atom. The van der Waals surface area contributed by atoms with Gasteiger partial charge in [-0.15, -0.1) is 0 Å². The Morgan fingerprint density at radius 3 is 3.00 bits per heavy atom. The van der Waals surface area contributed by atoms with Crippen LogP contribution in [0.2, 0.25) is 0 Å². The second kappa shape index (κ2) is 4.53. The molecule has 0 spiro atoms. The zero-order valence-electron chi connectivity index (χ0n) is 10.2. The Kier molecular flexibility index (Phi) is 3.01. The number of benzene rings is 1. The van der Waals surface area contributed by atoms with Gasteiger partial charge in [-0.1, -0.05) is 15.9 Å². The summed E-state index contributed by atoms with van der Waals surface area (Å²) in [7, 11) is 2.02. The first kappa shape index (κ1) is 12.0. The number of nitrogens with zero attached hydrogens (tertiary/aromatic N) is 2. The third-order valence-corrected chi connectivity index (χ3v) is 4.25. The van der Waals surface area contributed by atoms with Crippen molar-refractivity contribution in [2.75, 3.05) is 18.5 Å². The number of aromatic amines is 1. The summed E-state index contributed by atoms with van der Waals surface area (Å²) < 4.78 is 13.1. The number of anilines is 1. The molecule has 1 heterocycles. The van der Waals surface area contributed by atoms with Gasteiger partial charge in [0.25, 0.3) is 0 Å². The van der Waals surface area contributed by atoms with E-state index in [1.807, 2.05) is 7.05 Å². The van der Waals surface area contributed by atoms with Crippen LogP contribution in [-0.2, 0) is 0 Å². The Hall–Kier alpha value is -1.10. The van der Waals surface area contributed by atoms with E-state index in [9.17, 15) is 4.39 Å². The van der Waals surface area contributed by atoms with Crippen molar-refractivity contribution in [2.24, 2.45) is 5.92 Å². The van der Waals surface area contributed by atoms with E-state index < -0.39 is 0 Å². The van der Waals surface area contributed by atoms with E-state index in [2.05, 4.69) is 30.8 Å². The summed E-state index contributed by atoms with van der Waals surface area (Å²) in [4.78, 5) is 10.4. The van der Waals surface area contributed by atoms with E-state index in [4.69, 9.17) is 0 Å². The lowest BCUT2D eigenvalue weighted by Crippen LogP contribution is -2.35. The number of rotatable bonds is 3. The molecule has 0 saturated heterocycles. The lowest BCUT2D eigenvalue weighted by atomic mass is 9.85. The molecule has 1 aliphatic rings. The number of alkyl halides is 1. The number of nitrogens with one attached hydrogen (secondary N) is 1. The van der Waals surface area contributed by atoms with Gasteiger partial charge >= 0.3 is 0 Å². The van der Waals surface area contributed by atoms with Crippen molar-refractivity contribution in [3.8, 4) is 0 Å². The molecule has 3 nitrogen and oxygen atoms in total. The molecule has 1 aromatic carbocycles. The molecule has 1 N–H and O–H groups in total. The van der Waals surface area contributed by atoms with Gasteiger partial charge in [0, 0.05) is 18.4 Å². The van der Waals surface area contributed by atoms with Gasteiger partial charge in [0.05, 0.1) is 11.0 Å². The zero-order valence-corrected chi connectivity index (χ0v) is 11.7. The number of fused-ring (bicyclic) bond motifs is 1. The van der Waals surface area contributed by atoms with Crippen molar-refractivity contribution in [1.82, 2.24) is 9.97 Å². The fraction of sp³-hybridized carbons (Fsp3) is 0.462. The van der Waals surface area contributed by atoms with Crippen molar-refractivity contribution in [3.63, 3.8) is 0 Å². The SMILES string of the molecule is CN(CC1CC(Br)C1)c1nc2ccc(F)cc2[nH]1. The van der Waals surface area contributed by atoms with Crippen molar-refractivity contribution < 1.29 is 4.39 Å². The molecule has 96 valence electrons. The van der Waals surface area contributed by atoms with E-state index in [0.29, 0.717) is 4.83 Å². The zero-order chi connectivity index (χ0) is 12.7. The van der Waals surface area contributed by atoms with Gasteiger partial charge in [-0.2, -0.15) is 0 Å². The summed E-state index contributed by atoms with van der Waals surface area (Å²) in [6, 6.07) is 4.63. The minimum atomic E-state index is -0.235. The van der Waals surface area contributed by atoms with Gasteiger partial charge in [-0.25, -0.2) is 9.37 Å². The van der Waals surface area contributed by atoms with Gasteiger partial charge in [-0.05, 0) is 37.0 Å². The summed E-state index contributed by atoms with van der Waals surface area (Å²) in [5.74, 6) is 1.31. The summed E-state index contributed by atoms with van der Waals surface area (Å²) in [5.41, 5.74) is 1.56. The Labute approximate surface area is 114 Å². The smallest absolute Gasteiger partial charge is 0.203 e. The number of H-pyrrole nitrogens is 1. The average molecular weight is 312 g/mol. The molecular formula is C13H15BrFN3. The molecule has 1 fully saturated rings. The number of halogens is 2. The van der Waals surface area contributed by atoms with E-state index in [1.54, 1.807) is 6.07 Å². The molecule has 1 aliphatic carbocycles. The average Bonchev–Trinajstić information content (AvgIpc) is 2.69. The molecule has 3 rings (SSSR count). The maximum Gasteiger partial charge on any atom is 0.203 e. The van der Waals surface area contributed by atoms with E-state index in [0.717, 1.165) is 29.4 Å². The standard InChI is InChI=1S/C13H15BrFN3/c1-18(7-8-4-9(14)5-8)13-16-11-3-2-10(15)6-12(11)17-13/h2-3,6,8-9H,4-5,7H2,1H3,(H,16,17). The highest BCUT2D eigenvalue weighted by Crippen LogP contribution is 2.34. The van der Waals surface area contributed by atoms with Crippen molar-refractivity contribution in [3.05, 3.63) is 24.0 Å². The predicted octanol–water partition coefficient (Wildman–Crippen LogP) is 3.31. The van der Waals surface area contributed by atoms with Gasteiger partial charge in [0.2, 0.25) is 5.95 Å². The molecule has 0 bridgehead atoms. The highest BCUT2D eigenvalue weighted by Gasteiger charge is 2.28. The van der Waals surface area contributed by atoms with Crippen LogP contribution in [-0.4, -0.2) is 28.4 Å². The lowest BCUT2D eigenvalue weighted by Gasteiger charge is -2.34. The summed E-state index contributed by atoms with van der Waals surface area (Å²) >= 11 is 3.60. The van der Waals surface area contributed by atoms with Crippen LogP contribution in [0, 0.1) is 11.7 Å². The topological polar surface area (TPSA) is 31.9 Å². The van der Waals surface area contributed by atoms with Crippen molar-refractivity contribution in [2.45, 2.75) is 17.7 Å². The minimum Gasteiger partial charge on any atom is -0.345 e. The molecule has 0 radical (unpaired) electrons. The highest BCUT2D eigenvalue weighted by atomic mass is 79.9. The molecular weight excluding hydrogens is 297 g/mol. The third kappa shape index (κ3) is 2.23. The molecule has 0 amide bonds. The molecule has 0 aliphatic heterocycles. The summed E-state index contributed by atoms with van der Waals surface area (Å²) in [6.45, 7) is 0.990. The van der Waals surface area contributed by atoms with E-state index in [-0.39, 0.29) is 5.82 Å². The molecule has 0 unspecified atom stereocenters. The fourth-order valence-electron chi connectivity index (χ4n) is 2.43. The quantitative estimate of drug-likeness (QED) is 0.882. The number of aromatic nitrogens is 2. The van der Waals surface area contributed by atoms with Gasteiger partial charge in [-0.3, -0.25) is 0 Å². The first-order chi connectivity index (χ1) is 8.61. The minimum absolute atomic E-state index is 0.235. The molecule has 1 saturated carbocycles. The van der Waals surface area contributed by atoms with Gasteiger partial charge < -0.3 is 9.88 Å². The van der Waals surface area contributed by atoms with Crippen LogP contribution in [0.3, 0.4) is 0 Å². The molecule has 5 heteroatoms. The van der Waals surface area contributed by atoms with Crippen LogP contribution in [0.4, 0.5) is 10.3 Å². The van der Waals surface area contributed by atoms with Crippen LogP contribution >= 0.6 is 15.9 Å². The van der Waals surface area contributed by atoms with Crippen LogP contribution < -0.4 is 4.90 Å². The lowest BCUT2D eigenvalue weighted by molar-refractivity contribution is 0.338. The number of imidazole rings is 1. The van der Waals surface area contributed by atoms with E-state index in [1.165, 1.54) is 25.0 Å². The number of hydrogen-bond donors (Lipinski definition) is 1. The molecule has 18 heavy (non-hydrogen) atoms. The second-order valence-corrected chi connectivity index (χ2v) is 6.33. The normalized spacial score (nSPS) is 23.1. The fourth-order valence-corrected chi connectivity index (χ4v) is 3.48. The first-order valence-electron chi connectivity index (χ1n) is 6.12. The Morgan fingerprint density at radius 1 is 1.50 bits per heavy atom. The first-order valence-corrected chi connectivity index (χ1v) is 7.04. The van der Waals surface area contributed by atoms with Crippen LogP contribution in [0.25, 0.3) is 11.0 Å². The molecule has 1 aromatic heterocycles. The van der Waals surface area contributed by atoms with Crippen LogP contribution in [0.1, 0.15) is 12.8 Å². The number of hydrogen-bond acceptors (Lipinski definition) is 2. The maximum atomic E-state index is 13.1. The van der Waals surface area contributed by atoms with Gasteiger partial charge in [0.1, 0.15) is 5.82 Å². The van der Waals surface area contributed by atoms with E-state index >= 15 is 0 Å². The molecule has 2 aromatic rings. The highest BCUT2D eigenvalue weighted by molar-refractivity contribution is 9.09. The largest absolute Gasteiger partial charge is 0.345 e. The predicted molar refractivity (Wildman–Crippen MR) is 74.8 cm³/mol. The van der Waals surface area contributed by atoms with Crippen LogP contribution in [0.15, 0.2) is 18.2 Å². The Bertz CT molecular complexity index is 562. The van der Waals surface area contributed by atoms with Crippen molar-refractivity contribution in [1.29, 1.82) is 0 Å². The maximum absolute atomic E-state index is 13.1. The third-order valence-electron chi connectivity index (χ3n) is 3.50. The van der Waals surface area contributed by atoms with Gasteiger partial charge in [0.15, 0.2) is 0 Å². The molecule has 0 atom stereocenters. The second-order valence-electron chi connectivity index (χ2n) is 5.04.